The molecule has 0 aliphatic carbocycles. The van der Waals surface area contributed by atoms with Crippen LogP contribution in [0, 0.1) is 3.57 Å². The number of nitrogens with one attached hydrogen (secondary N) is 1. The minimum absolute atomic E-state index is 0.0678. The maximum absolute atomic E-state index is 11.0. The summed E-state index contributed by atoms with van der Waals surface area (Å²) < 4.78 is 6.01. The third-order valence-corrected chi connectivity index (χ3v) is 3.98. The first-order valence-corrected chi connectivity index (χ1v) is 7.85. The number of nitrogens with zero attached hydrogens (tertiary/aromatic N) is 2. The van der Waals surface area contributed by atoms with E-state index in [4.69, 9.17) is 4.74 Å². The number of carbonyl (C=O) groups is 1. The third-order valence-electron chi connectivity index (χ3n) is 2.29. The lowest BCUT2D eigenvalue weighted by molar-refractivity contribution is -0.116. The Hall–Kier alpha value is -1.29. The van der Waals surface area contributed by atoms with Gasteiger partial charge in [0.1, 0.15) is 0 Å². The van der Waals surface area contributed by atoms with Crippen LogP contribution in [0.1, 0.15) is 12.5 Å². The lowest BCUT2D eigenvalue weighted by atomic mass is 10.2. The van der Waals surface area contributed by atoms with Gasteiger partial charge in [-0.15, -0.1) is 5.10 Å². The lowest BCUT2D eigenvalue weighted by Crippen LogP contribution is -2.19. The Morgan fingerprint density at radius 3 is 3.05 bits per heavy atom. The zero-order valence-electron chi connectivity index (χ0n) is 10.6. The van der Waals surface area contributed by atoms with E-state index in [0.29, 0.717) is 26.8 Å². The van der Waals surface area contributed by atoms with Crippen LogP contribution in [-0.2, 0) is 4.79 Å². The summed E-state index contributed by atoms with van der Waals surface area (Å²) in [5.41, 5.74) is 0.759. The van der Waals surface area contributed by atoms with E-state index in [1.807, 2.05) is 29.5 Å². The highest BCUT2D eigenvalue weighted by Crippen LogP contribution is 2.32. The van der Waals surface area contributed by atoms with Crippen LogP contribution in [-0.4, -0.2) is 34.8 Å². The molecule has 1 heterocycles. The Bertz CT molecular complexity index is 590. The summed E-state index contributed by atoms with van der Waals surface area (Å²) in [4.78, 5) is 11.0. The number of benzene rings is 1. The number of aromatic hydroxyl groups is 1. The molecule has 0 bridgehead atoms. The van der Waals surface area contributed by atoms with Crippen LogP contribution < -0.4 is 10.1 Å². The van der Waals surface area contributed by atoms with Gasteiger partial charge in [0.15, 0.2) is 16.7 Å². The van der Waals surface area contributed by atoms with Gasteiger partial charge in [0.2, 0.25) is 5.91 Å². The van der Waals surface area contributed by atoms with Crippen molar-refractivity contribution in [3.05, 3.63) is 21.3 Å². The molecule has 1 fully saturated rings. The van der Waals surface area contributed by atoms with Crippen molar-refractivity contribution in [2.24, 2.45) is 10.2 Å². The minimum atomic E-state index is -0.0678. The highest BCUT2D eigenvalue weighted by atomic mass is 127. The first kappa shape index (κ1) is 15.1. The van der Waals surface area contributed by atoms with Crippen molar-refractivity contribution < 1.29 is 14.6 Å². The van der Waals surface area contributed by atoms with Gasteiger partial charge in [-0.1, -0.05) is 11.8 Å². The second kappa shape index (κ2) is 6.93. The monoisotopic (exact) mass is 405 g/mol. The predicted octanol–water partition coefficient (Wildman–Crippen LogP) is 1.95. The van der Waals surface area contributed by atoms with E-state index < -0.39 is 0 Å². The van der Waals surface area contributed by atoms with Gasteiger partial charge in [-0.2, -0.15) is 5.10 Å². The summed E-state index contributed by atoms with van der Waals surface area (Å²) in [5, 5.41) is 20.7. The Labute approximate surface area is 133 Å². The van der Waals surface area contributed by atoms with Gasteiger partial charge in [-0.25, -0.2) is 0 Å². The number of hydrogen-bond donors (Lipinski definition) is 2. The molecule has 1 saturated heterocycles. The summed E-state index contributed by atoms with van der Waals surface area (Å²) in [7, 11) is 0. The first-order chi connectivity index (χ1) is 9.60. The van der Waals surface area contributed by atoms with Gasteiger partial charge in [0.05, 0.1) is 22.1 Å². The van der Waals surface area contributed by atoms with Crippen LogP contribution in [0.2, 0.25) is 0 Å². The Morgan fingerprint density at radius 2 is 2.40 bits per heavy atom. The van der Waals surface area contributed by atoms with Gasteiger partial charge < -0.3 is 15.2 Å². The third kappa shape index (κ3) is 3.85. The van der Waals surface area contributed by atoms with Crippen molar-refractivity contribution in [1.29, 1.82) is 0 Å². The number of amidine groups is 1. The Kier molecular flexibility index (Phi) is 5.24. The number of rotatable bonds is 4. The van der Waals surface area contributed by atoms with E-state index in [1.54, 1.807) is 18.3 Å². The fraction of sp³-hybridized carbons (Fsp3) is 0.250. The summed E-state index contributed by atoms with van der Waals surface area (Å²) in [6, 6.07) is 3.45. The van der Waals surface area contributed by atoms with E-state index in [2.05, 4.69) is 15.5 Å². The number of phenols is 1. The summed E-state index contributed by atoms with van der Waals surface area (Å²) in [6.45, 7) is 2.31. The SMILES string of the molecule is CCOc1cc(C=N/N=C2/NC(=O)CS2)cc(I)c1O. The van der Waals surface area contributed by atoms with Crippen LogP contribution in [0.15, 0.2) is 22.3 Å². The second-order valence-corrected chi connectivity index (χ2v) is 5.90. The quantitative estimate of drug-likeness (QED) is 0.456. The van der Waals surface area contributed by atoms with Gasteiger partial charge >= 0.3 is 0 Å². The average Bonchev–Trinajstić information content (AvgIpc) is 2.81. The van der Waals surface area contributed by atoms with Crippen LogP contribution >= 0.6 is 34.4 Å². The molecular formula is C12H12IN3O3S. The largest absolute Gasteiger partial charge is 0.504 e. The molecule has 2 rings (SSSR count). The normalized spacial score (nSPS) is 16.9. The topological polar surface area (TPSA) is 83.3 Å². The minimum Gasteiger partial charge on any atom is -0.504 e. The maximum atomic E-state index is 11.0. The number of thioether (sulfide) groups is 1. The van der Waals surface area contributed by atoms with Gasteiger partial charge in [-0.3, -0.25) is 4.79 Å². The zero-order chi connectivity index (χ0) is 14.5. The Balaban J connectivity index is 2.15. The summed E-state index contributed by atoms with van der Waals surface area (Å²) in [6.07, 6.45) is 1.54. The first-order valence-electron chi connectivity index (χ1n) is 5.79. The molecule has 8 heteroatoms. The number of ether oxygens (including phenoxy) is 1. The number of hydrogen-bond acceptors (Lipinski definition) is 6. The van der Waals surface area contributed by atoms with E-state index in [0.717, 1.165) is 5.56 Å². The van der Waals surface area contributed by atoms with Gasteiger partial charge in [-0.05, 0) is 47.2 Å². The van der Waals surface area contributed by atoms with Crippen LogP contribution in [0.25, 0.3) is 0 Å². The van der Waals surface area contributed by atoms with Crippen molar-refractivity contribution in [2.75, 3.05) is 12.4 Å². The van der Waals surface area contributed by atoms with Crippen molar-refractivity contribution in [1.82, 2.24) is 5.32 Å². The number of halogens is 1. The molecule has 1 aromatic rings. The van der Waals surface area contributed by atoms with Gasteiger partial charge in [0, 0.05) is 0 Å². The molecule has 1 aromatic carbocycles. The summed E-state index contributed by atoms with van der Waals surface area (Å²) in [5.74, 6) is 0.841. The highest BCUT2D eigenvalue weighted by molar-refractivity contribution is 14.1. The summed E-state index contributed by atoms with van der Waals surface area (Å²) >= 11 is 3.33. The second-order valence-electron chi connectivity index (χ2n) is 3.77. The highest BCUT2D eigenvalue weighted by Gasteiger charge is 2.16. The molecule has 0 aromatic heterocycles. The van der Waals surface area contributed by atoms with E-state index in [1.165, 1.54) is 11.8 Å². The van der Waals surface area contributed by atoms with E-state index >= 15 is 0 Å². The van der Waals surface area contributed by atoms with Gasteiger partial charge in [0.25, 0.3) is 0 Å². The molecule has 6 nitrogen and oxygen atoms in total. The molecule has 0 atom stereocenters. The molecule has 0 unspecified atom stereocenters. The molecule has 1 amide bonds. The van der Waals surface area contributed by atoms with E-state index in [-0.39, 0.29) is 11.7 Å². The molecule has 0 radical (unpaired) electrons. The molecule has 106 valence electrons. The van der Waals surface area contributed by atoms with Crippen LogP contribution in [0.4, 0.5) is 0 Å². The molecule has 1 aliphatic rings. The van der Waals surface area contributed by atoms with Crippen molar-refractivity contribution in [2.45, 2.75) is 6.92 Å². The van der Waals surface area contributed by atoms with Crippen molar-refractivity contribution in [3.8, 4) is 11.5 Å². The molecular weight excluding hydrogens is 393 g/mol. The van der Waals surface area contributed by atoms with Crippen LogP contribution in [0.5, 0.6) is 11.5 Å². The fourth-order valence-corrected chi connectivity index (χ4v) is 2.72. The lowest BCUT2D eigenvalue weighted by Gasteiger charge is -2.08. The zero-order valence-corrected chi connectivity index (χ0v) is 13.6. The Morgan fingerprint density at radius 1 is 1.60 bits per heavy atom. The molecule has 20 heavy (non-hydrogen) atoms. The van der Waals surface area contributed by atoms with E-state index in [9.17, 15) is 9.90 Å². The number of amides is 1. The van der Waals surface area contributed by atoms with Crippen LogP contribution in [0.3, 0.4) is 0 Å². The molecule has 1 aliphatic heterocycles. The number of phenolic OH excluding ortho intramolecular Hbond substituents is 1. The average molecular weight is 405 g/mol. The fourth-order valence-electron chi connectivity index (χ4n) is 1.46. The molecule has 2 N–H and O–H groups in total. The van der Waals surface area contributed by atoms with Crippen molar-refractivity contribution in [3.63, 3.8) is 0 Å². The van der Waals surface area contributed by atoms with Crippen molar-refractivity contribution >= 4 is 51.6 Å². The smallest absolute Gasteiger partial charge is 0.236 e. The predicted molar refractivity (Wildman–Crippen MR) is 87.6 cm³/mol. The maximum Gasteiger partial charge on any atom is 0.236 e. The molecule has 0 saturated carbocycles. The molecule has 0 spiro atoms. The standard InChI is InChI=1S/C12H12IN3O3S/c1-2-19-9-4-7(3-8(13)11(9)18)5-14-16-12-15-10(17)6-20-12/h3-5,18H,2,6H2,1H3,(H,15,16,17). The number of carbonyl (C=O) groups excluding carboxylic acids is 1.